The smallest absolute Gasteiger partial charge is 0.309 e. The van der Waals surface area contributed by atoms with Gasteiger partial charge in [0, 0.05) is 22.8 Å². The minimum atomic E-state index is -0.971. The summed E-state index contributed by atoms with van der Waals surface area (Å²) in [4.78, 5) is 24.5. The number of nitro benzene ring substituents is 1. The van der Waals surface area contributed by atoms with Gasteiger partial charge in [-0.1, -0.05) is 23.9 Å². The average Bonchev–Trinajstić information content (AvgIpc) is 2.84. The van der Waals surface area contributed by atoms with E-state index in [1.54, 1.807) is 5.38 Å². The third-order valence-corrected chi connectivity index (χ3v) is 4.59. The van der Waals surface area contributed by atoms with E-state index in [-0.39, 0.29) is 17.7 Å². The first-order chi connectivity index (χ1) is 9.97. The van der Waals surface area contributed by atoms with Crippen LogP contribution in [-0.2, 0) is 17.0 Å². The number of carbonyl (C=O) groups is 1. The minimum Gasteiger partial charge on any atom is -0.481 e. The van der Waals surface area contributed by atoms with Crippen LogP contribution in [0.5, 0.6) is 0 Å². The van der Waals surface area contributed by atoms with E-state index in [4.69, 9.17) is 5.11 Å². The largest absolute Gasteiger partial charge is 0.481 e. The molecule has 0 amide bonds. The Morgan fingerprint density at radius 2 is 2.29 bits per heavy atom. The molecule has 0 aliphatic carbocycles. The minimum absolute atomic E-state index is 0.164. The lowest BCUT2D eigenvalue weighted by molar-refractivity contribution is -0.387. The number of nitro groups is 1. The number of hydrogen-bond donors (Lipinski definition) is 1. The first-order valence-corrected chi connectivity index (χ1v) is 7.54. The Labute approximate surface area is 126 Å². The van der Waals surface area contributed by atoms with Gasteiger partial charge in [0.15, 0.2) is 0 Å². The molecule has 0 radical (unpaired) electrons. The van der Waals surface area contributed by atoms with E-state index in [9.17, 15) is 19.3 Å². The van der Waals surface area contributed by atoms with Crippen molar-refractivity contribution in [3.63, 3.8) is 0 Å². The maximum atomic E-state index is 13.9. The SMILES string of the molecule is O=C(O)Cc1csc(SCc2cccc([N+](=O)[O-])c2F)n1. The van der Waals surface area contributed by atoms with Crippen LogP contribution in [0.1, 0.15) is 11.3 Å². The summed E-state index contributed by atoms with van der Waals surface area (Å²) in [6.07, 6.45) is -0.164. The second kappa shape index (κ2) is 6.64. The number of aliphatic carboxylic acids is 1. The molecule has 2 aromatic rings. The Bertz CT molecular complexity index is 690. The summed E-state index contributed by atoms with van der Waals surface area (Å²) in [5.74, 6) is -1.63. The summed E-state index contributed by atoms with van der Waals surface area (Å²) in [6, 6.07) is 4.01. The summed E-state index contributed by atoms with van der Waals surface area (Å²) in [7, 11) is 0. The monoisotopic (exact) mass is 328 g/mol. The number of aromatic nitrogens is 1. The van der Waals surface area contributed by atoms with Crippen LogP contribution < -0.4 is 0 Å². The molecule has 1 N–H and O–H groups in total. The van der Waals surface area contributed by atoms with E-state index in [2.05, 4.69) is 4.98 Å². The van der Waals surface area contributed by atoms with Crippen molar-refractivity contribution in [3.8, 4) is 0 Å². The van der Waals surface area contributed by atoms with Gasteiger partial charge in [-0.05, 0) is 0 Å². The summed E-state index contributed by atoms with van der Waals surface area (Å²) in [6.45, 7) is 0. The summed E-state index contributed by atoms with van der Waals surface area (Å²) >= 11 is 2.47. The Morgan fingerprint density at radius 1 is 1.52 bits per heavy atom. The zero-order valence-corrected chi connectivity index (χ0v) is 12.1. The predicted octanol–water partition coefficient (Wildman–Crippen LogP) is 3.11. The normalized spacial score (nSPS) is 10.5. The first-order valence-electron chi connectivity index (χ1n) is 5.68. The predicted molar refractivity (Wildman–Crippen MR) is 76.1 cm³/mol. The summed E-state index contributed by atoms with van der Waals surface area (Å²) in [5.41, 5.74) is 0.0949. The molecule has 6 nitrogen and oxygen atoms in total. The van der Waals surface area contributed by atoms with Crippen molar-refractivity contribution in [2.24, 2.45) is 0 Å². The molecule has 0 aliphatic heterocycles. The molecular weight excluding hydrogens is 319 g/mol. The number of hydrogen-bond acceptors (Lipinski definition) is 6. The molecule has 0 saturated heterocycles. The standard InChI is InChI=1S/C12H9FN2O4S2/c13-11-7(2-1-3-9(11)15(18)19)5-20-12-14-8(6-21-12)4-10(16)17/h1-3,6H,4-5H2,(H,16,17). The van der Waals surface area contributed by atoms with Gasteiger partial charge in [-0.3, -0.25) is 14.9 Å². The lowest BCUT2D eigenvalue weighted by Crippen LogP contribution is -1.99. The molecule has 1 aromatic heterocycles. The highest BCUT2D eigenvalue weighted by Crippen LogP contribution is 2.29. The number of carboxylic acid groups (broad SMARTS) is 1. The van der Waals surface area contributed by atoms with Crippen molar-refractivity contribution in [3.05, 3.63) is 50.8 Å². The average molecular weight is 328 g/mol. The van der Waals surface area contributed by atoms with Gasteiger partial charge >= 0.3 is 11.7 Å². The van der Waals surface area contributed by atoms with Crippen LogP contribution in [0.3, 0.4) is 0 Å². The first kappa shape index (κ1) is 15.4. The molecule has 0 atom stereocenters. The lowest BCUT2D eigenvalue weighted by atomic mass is 10.2. The van der Waals surface area contributed by atoms with E-state index in [0.29, 0.717) is 10.0 Å². The number of thiazole rings is 1. The molecule has 0 saturated carbocycles. The van der Waals surface area contributed by atoms with Crippen LogP contribution in [0, 0.1) is 15.9 Å². The van der Waals surface area contributed by atoms with Crippen LogP contribution >= 0.6 is 23.1 Å². The van der Waals surface area contributed by atoms with Crippen molar-refractivity contribution < 1.29 is 19.2 Å². The van der Waals surface area contributed by atoms with Crippen molar-refractivity contribution in [2.75, 3.05) is 0 Å². The number of thioether (sulfide) groups is 1. The maximum absolute atomic E-state index is 13.9. The third kappa shape index (κ3) is 3.99. The molecule has 0 fully saturated rings. The number of benzene rings is 1. The molecule has 21 heavy (non-hydrogen) atoms. The molecule has 0 bridgehead atoms. The fourth-order valence-electron chi connectivity index (χ4n) is 1.55. The highest BCUT2D eigenvalue weighted by atomic mass is 32.2. The van der Waals surface area contributed by atoms with Gasteiger partial charge in [-0.2, -0.15) is 4.39 Å². The van der Waals surface area contributed by atoms with Crippen molar-refractivity contribution in [1.29, 1.82) is 0 Å². The zero-order valence-electron chi connectivity index (χ0n) is 10.5. The Kier molecular flexibility index (Phi) is 4.86. The van der Waals surface area contributed by atoms with Crippen LogP contribution in [-0.4, -0.2) is 21.0 Å². The fraction of sp³-hybridized carbons (Fsp3) is 0.167. The molecular formula is C12H9FN2O4S2. The van der Waals surface area contributed by atoms with Gasteiger partial charge in [0.05, 0.1) is 17.0 Å². The molecule has 2 rings (SSSR count). The Morgan fingerprint density at radius 3 is 2.95 bits per heavy atom. The zero-order chi connectivity index (χ0) is 15.4. The van der Waals surface area contributed by atoms with E-state index < -0.39 is 22.4 Å². The summed E-state index contributed by atoms with van der Waals surface area (Å²) < 4.78 is 14.4. The molecule has 0 unspecified atom stereocenters. The molecule has 1 aromatic carbocycles. The van der Waals surface area contributed by atoms with Crippen LogP contribution in [0.2, 0.25) is 0 Å². The van der Waals surface area contributed by atoms with Crippen molar-refractivity contribution in [1.82, 2.24) is 4.98 Å². The maximum Gasteiger partial charge on any atom is 0.309 e. The van der Waals surface area contributed by atoms with Crippen LogP contribution in [0.15, 0.2) is 27.9 Å². The summed E-state index contributed by atoms with van der Waals surface area (Å²) in [5, 5.41) is 20.9. The van der Waals surface area contributed by atoms with Crippen molar-refractivity contribution >= 4 is 34.8 Å². The van der Waals surface area contributed by atoms with Gasteiger partial charge in [0.2, 0.25) is 5.82 Å². The molecule has 110 valence electrons. The van der Waals surface area contributed by atoms with Crippen LogP contribution in [0.4, 0.5) is 10.1 Å². The number of carboxylic acids is 1. The molecule has 0 spiro atoms. The quantitative estimate of drug-likeness (QED) is 0.497. The van der Waals surface area contributed by atoms with E-state index in [0.717, 1.165) is 6.07 Å². The molecule has 1 heterocycles. The van der Waals surface area contributed by atoms with Crippen LogP contribution in [0.25, 0.3) is 0 Å². The number of rotatable bonds is 6. The van der Waals surface area contributed by atoms with Gasteiger partial charge in [0.25, 0.3) is 0 Å². The molecule has 9 heteroatoms. The molecule has 0 aliphatic rings. The number of nitrogens with zero attached hydrogens (tertiary/aromatic N) is 2. The fourth-order valence-corrected chi connectivity index (χ4v) is 3.37. The van der Waals surface area contributed by atoms with E-state index in [1.807, 2.05) is 0 Å². The van der Waals surface area contributed by atoms with E-state index in [1.165, 1.54) is 35.2 Å². The van der Waals surface area contributed by atoms with Crippen molar-refractivity contribution in [2.45, 2.75) is 16.5 Å². The topological polar surface area (TPSA) is 93.3 Å². The Balaban J connectivity index is 2.06. The van der Waals surface area contributed by atoms with E-state index >= 15 is 0 Å². The second-order valence-corrected chi connectivity index (χ2v) is 6.05. The van der Waals surface area contributed by atoms with Gasteiger partial charge in [0.1, 0.15) is 4.34 Å². The lowest BCUT2D eigenvalue weighted by Gasteiger charge is -2.01. The van der Waals surface area contributed by atoms with Gasteiger partial charge in [-0.15, -0.1) is 11.3 Å². The second-order valence-electron chi connectivity index (χ2n) is 3.97. The third-order valence-electron chi connectivity index (χ3n) is 2.47. The highest BCUT2D eigenvalue weighted by molar-refractivity contribution is 8.00. The highest BCUT2D eigenvalue weighted by Gasteiger charge is 2.17. The number of halogens is 1. The van der Waals surface area contributed by atoms with Gasteiger partial charge < -0.3 is 5.11 Å². The van der Waals surface area contributed by atoms with Gasteiger partial charge in [-0.25, -0.2) is 4.98 Å². The Hall–Kier alpha value is -2.00.